The molecule has 3 aromatic rings. The molecule has 1 aromatic heterocycles. The molecule has 0 aliphatic carbocycles. The number of phenolic OH excluding ortho intramolecular Hbond substituents is 1. The van der Waals surface area contributed by atoms with E-state index in [-0.39, 0.29) is 28.5 Å². The predicted octanol–water partition coefficient (Wildman–Crippen LogP) is 3.18. The summed E-state index contributed by atoms with van der Waals surface area (Å²) in [5.74, 6) is -0.705. The van der Waals surface area contributed by atoms with Gasteiger partial charge in [0.2, 0.25) is 0 Å². The molecule has 26 heavy (non-hydrogen) atoms. The number of nitrogens with zero attached hydrogens (tertiary/aromatic N) is 4. The zero-order valence-electron chi connectivity index (χ0n) is 14.2. The molecule has 0 spiro atoms. The van der Waals surface area contributed by atoms with Crippen molar-refractivity contribution >= 4 is 11.5 Å². The summed E-state index contributed by atoms with van der Waals surface area (Å²) in [6, 6.07) is 12.9. The van der Waals surface area contributed by atoms with Gasteiger partial charge in [-0.1, -0.05) is 12.1 Å². The average molecular weight is 349 g/mol. The van der Waals surface area contributed by atoms with Crippen LogP contribution in [0, 0.1) is 17.1 Å². The highest BCUT2D eigenvalue weighted by Gasteiger charge is 2.17. The fraction of sp³-hybridized carbons (Fsp3) is 0.105. The van der Waals surface area contributed by atoms with Crippen molar-refractivity contribution in [3.63, 3.8) is 0 Å². The van der Waals surface area contributed by atoms with Crippen LogP contribution < -0.4 is 10.6 Å². The number of hydrogen-bond donors (Lipinski definition) is 2. The van der Waals surface area contributed by atoms with Gasteiger partial charge >= 0.3 is 0 Å². The molecule has 0 saturated carbocycles. The molecule has 0 amide bonds. The molecule has 0 unspecified atom stereocenters. The number of rotatable bonds is 3. The van der Waals surface area contributed by atoms with Gasteiger partial charge in [-0.2, -0.15) is 5.26 Å². The smallest absolute Gasteiger partial charge is 0.166 e. The third kappa shape index (κ3) is 3.13. The maximum atomic E-state index is 13.6. The molecule has 130 valence electrons. The number of hydrogen-bond acceptors (Lipinski definition) is 6. The van der Waals surface area contributed by atoms with Gasteiger partial charge in [0.05, 0.1) is 11.3 Å². The summed E-state index contributed by atoms with van der Waals surface area (Å²) in [6.45, 7) is 0. The molecule has 6 nitrogen and oxygen atoms in total. The largest absolute Gasteiger partial charge is 0.507 e. The van der Waals surface area contributed by atoms with Crippen molar-refractivity contribution in [2.45, 2.75) is 0 Å². The van der Waals surface area contributed by atoms with Gasteiger partial charge in [-0.3, -0.25) is 0 Å². The van der Waals surface area contributed by atoms with Gasteiger partial charge in [0.1, 0.15) is 29.0 Å². The summed E-state index contributed by atoms with van der Waals surface area (Å²) in [7, 11) is 3.84. The number of aromatic hydroxyl groups is 1. The van der Waals surface area contributed by atoms with Crippen molar-refractivity contribution in [3.05, 3.63) is 53.8 Å². The molecule has 7 heteroatoms. The molecule has 0 aliphatic heterocycles. The molecular formula is C19H16FN5O. The third-order valence-electron chi connectivity index (χ3n) is 3.91. The van der Waals surface area contributed by atoms with Crippen LogP contribution in [0.5, 0.6) is 5.75 Å². The van der Waals surface area contributed by atoms with Crippen LogP contribution >= 0.6 is 0 Å². The molecule has 0 bridgehead atoms. The summed E-state index contributed by atoms with van der Waals surface area (Å²) < 4.78 is 13.6. The fourth-order valence-electron chi connectivity index (χ4n) is 2.52. The Morgan fingerprint density at radius 1 is 1.12 bits per heavy atom. The Morgan fingerprint density at radius 3 is 2.42 bits per heavy atom. The normalized spacial score (nSPS) is 10.4. The minimum Gasteiger partial charge on any atom is -0.507 e. The van der Waals surface area contributed by atoms with Gasteiger partial charge < -0.3 is 15.7 Å². The fourth-order valence-corrected chi connectivity index (χ4v) is 2.52. The van der Waals surface area contributed by atoms with E-state index in [1.54, 1.807) is 0 Å². The molecule has 1 heterocycles. The summed E-state index contributed by atoms with van der Waals surface area (Å²) in [4.78, 5) is 10.4. The van der Waals surface area contributed by atoms with Crippen LogP contribution in [0.25, 0.3) is 22.6 Å². The van der Waals surface area contributed by atoms with Crippen LogP contribution in [0.1, 0.15) is 5.56 Å². The number of nitrogens with two attached hydrogens (primary N) is 1. The molecule has 0 saturated heterocycles. The second kappa shape index (κ2) is 6.69. The van der Waals surface area contributed by atoms with Gasteiger partial charge in [-0.25, -0.2) is 14.4 Å². The van der Waals surface area contributed by atoms with E-state index in [2.05, 4.69) is 9.97 Å². The molecule has 3 N–H and O–H groups in total. The maximum Gasteiger partial charge on any atom is 0.166 e. The van der Waals surface area contributed by atoms with Crippen molar-refractivity contribution in [3.8, 4) is 34.5 Å². The number of phenols is 1. The van der Waals surface area contributed by atoms with Crippen LogP contribution in [0.4, 0.5) is 15.9 Å². The molecule has 3 rings (SSSR count). The number of nitrogen functional groups attached to an aromatic ring is 1. The summed E-state index contributed by atoms with van der Waals surface area (Å²) in [6.07, 6.45) is 0. The van der Waals surface area contributed by atoms with E-state index in [1.807, 2.05) is 49.3 Å². The first kappa shape index (κ1) is 17.2. The van der Waals surface area contributed by atoms with Crippen molar-refractivity contribution in [1.82, 2.24) is 9.97 Å². The van der Waals surface area contributed by atoms with Crippen molar-refractivity contribution < 1.29 is 9.50 Å². The van der Waals surface area contributed by atoms with E-state index < -0.39 is 5.82 Å². The Bertz CT molecular complexity index is 1010. The van der Waals surface area contributed by atoms with E-state index >= 15 is 0 Å². The van der Waals surface area contributed by atoms with Gasteiger partial charge in [-0.05, 0) is 30.3 Å². The molecular weight excluding hydrogens is 333 g/mol. The number of anilines is 2. The van der Waals surface area contributed by atoms with Crippen LogP contribution in [-0.4, -0.2) is 29.2 Å². The summed E-state index contributed by atoms with van der Waals surface area (Å²) in [5, 5.41) is 19.4. The molecule has 0 atom stereocenters. The van der Waals surface area contributed by atoms with Crippen molar-refractivity contribution in [1.29, 1.82) is 5.26 Å². The van der Waals surface area contributed by atoms with Crippen LogP contribution in [0.2, 0.25) is 0 Å². The quantitative estimate of drug-likeness (QED) is 0.753. The minimum atomic E-state index is -0.541. The highest BCUT2D eigenvalue weighted by molar-refractivity contribution is 5.76. The topological polar surface area (TPSA) is 99.1 Å². The summed E-state index contributed by atoms with van der Waals surface area (Å²) >= 11 is 0. The molecule has 0 radical (unpaired) electrons. The highest BCUT2D eigenvalue weighted by atomic mass is 19.1. The van der Waals surface area contributed by atoms with E-state index in [0.29, 0.717) is 11.3 Å². The van der Waals surface area contributed by atoms with Crippen molar-refractivity contribution in [2.24, 2.45) is 0 Å². The lowest BCUT2D eigenvalue weighted by Crippen LogP contribution is -2.08. The standard InChI is InChI=1S/C19H16FN5O/c1-25(2)13-6-3-11(4-7-13)17-15(10-21)18(22)24-19(23-17)14-9-12(20)5-8-16(14)26/h3-9,26H,1-2H3,(H2,22,23,24). The Labute approximate surface area is 150 Å². The summed E-state index contributed by atoms with van der Waals surface area (Å²) in [5.41, 5.74) is 8.12. The van der Waals surface area contributed by atoms with E-state index in [0.717, 1.165) is 17.8 Å². The van der Waals surface area contributed by atoms with E-state index in [1.165, 1.54) is 6.07 Å². The highest BCUT2D eigenvalue weighted by Crippen LogP contribution is 2.32. The number of halogens is 1. The van der Waals surface area contributed by atoms with Gasteiger partial charge in [0.15, 0.2) is 5.82 Å². The Balaban J connectivity index is 2.20. The average Bonchev–Trinajstić information content (AvgIpc) is 2.63. The number of nitriles is 1. The SMILES string of the molecule is CN(C)c1ccc(-c2nc(-c3cc(F)ccc3O)nc(N)c2C#N)cc1. The first-order valence-electron chi connectivity index (χ1n) is 7.75. The van der Waals surface area contributed by atoms with Gasteiger partial charge in [-0.15, -0.1) is 0 Å². The van der Waals surface area contributed by atoms with Crippen LogP contribution in [-0.2, 0) is 0 Å². The maximum absolute atomic E-state index is 13.6. The zero-order chi connectivity index (χ0) is 18.8. The second-order valence-corrected chi connectivity index (χ2v) is 5.87. The monoisotopic (exact) mass is 349 g/mol. The van der Waals surface area contributed by atoms with E-state index in [9.17, 15) is 14.8 Å². The van der Waals surface area contributed by atoms with Gasteiger partial charge in [0, 0.05) is 25.3 Å². The molecule has 0 fully saturated rings. The molecule has 2 aromatic carbocycles. The minimum absolute atomic E-state index is 0.0344. The zero-order valence-corrected chi connectivity index (χ0v) is 14.2. The Kier molecular flexibility index (Phi) is 4.42. The predicted molar refractivity (Wildman–Crippen MR) is 98.0 cm³/mol. The van der Waals surface area contributed by atoms with Gasteiger partial charge in [0.25, 0.3) is 0 Å². The molecule has 0 aliphatic rings. The Morgan fingerprint density at radius 2 is 1.81 bits per heavy atom. The Hall–Kier alpha value is -3.66. The van der Waals surface area contributed by atoms with Crippen LogP contribution in [0.15, 0.2) is 42.5 Å². The third-order valence-corrected chi connectivity index (χ3v) is 3.91. The lowest BCUT2D eigenvalue weighted by Gasteiger charge is -2.14. The van der Waals surface area contributed by atoms with Crippen LogP contribution in [0.3, 0.4) is 0 Å². The van der Waals surface area contributed by atoms with E-state index in [4.69, 9.17) is 5.73 Å². The lowest BCUT2D eigenvalue weighted by molar-refractivity contribution is 0.475. The number of aromatic nitrogens is 2. The first-order chi connectivity index (χ1) is 12.4. The lowest BCUT2D eigenvalue weighted by atomic mass is 10.1. The number of benzene rings is 2. The second-order valence-electron chi connectivity index (χ2n) is 5.87. The first-order valence-corrected chi connectivity index (χ1v) is 7.75. The van der Waals surface area contributed by atoms with Crippen molar-refractivity contribution in [2.75, 3.05) is 24.7 Å².